The Labute approximate surface area is 152 Å². The first-order chi connectivity index (χ1) is 12.8. The Kier molecular flexibility index (Phi) is 4.56. The first kappa shape index (κ1) is 16.6. The lowest BCUT2D eigenvalue weighted by molar-refractivity contribution is 0.0708. The highest BCUT2D eigenvalue weighted by molar-refractivity contribution is 5.98. The standard InChI is InChI=1S/C20H23N5O/c1-2-25-17-7-4-3-6-15(17)14-18(25)20(26)24-12-9-16(10-13-24)22-19-8-5-11-21-23-19/h3-8,11,14,16H,2,9-10,12-13H2,1H3,(H,22,23). The maximum atomic E-state index is 13.1. The number of amides is 1. The van der Waals surface area contributed by atoms with Crippen LogP contribution < -0.4 is 5.32 Å². The van der Waals surface area contributed by atoms with Crippen LogP contribution in [0.1, 0.15) is 30.3 Å². The van der Waals surface area contributed by atoms with Crippen LogP contribution in [0.15, 0.2) is 48.7 Å². The molecule has 0 radical (unpaired) electrons. The van der Waals surface area contributed by atoms with E-state index in [0.717, 1.165) is 54.9 Å². The molecule has 4 rings (SSSR count). The van der Waals surface area contributed by atoms with Gasteiger partial charge in [-0.25, -0.2) is 0 Å². The highest BCUT2D eigenvalue weighted by Crippen LogP contribution is 2.23. The van der Waals surface area contributed by atoms with Crippen molar-refractivity contribution in [3.63, 3.8) is 0 Å². The molecule has 0 bridgehead atoms. The van der Waals surface area contributed by atoms with Gasteiger partial charge in [-0.3, -0.25) is 4.79 Å². The molecule has 134 valence electrons. The number of piperidine rings is 1. The molecule has 1 aliphatic rings. The topological polar surface area (TPSA) is 63.1 Å². The molecular formula is C20H23N5O. The van der Waals surface area contributed by atoms with Crippen molar-refractivity contribution in [2.45, 2.75) is 32.4 Å². The van der Waals surface area contributed by atoms with Gasteiger partial charge < -0.3 is 14.8 Å². The molecule has 0 aliphatic carbocycles. The number of hydrogen-bond donors (Lipinski definition) is 1. The summed E-state index contributed by atoms with van der Waals surface area (Å²) in [6.07, 6.45) is 3.49. The lowest BCUT2D eigenvalue weighted by atomic mass is 10.0. The molecule has 1 aromatic carbocycles. The number of benzene rings is 1. The van der Waals surface area contributed by atoms with E-state index in [4.69, 9.17) is 0 Å². The molecule has 0 atom stereocenters. The Balaban J connectivity index is 1.45. The van der Waals surface area contributed by atoms with Crippen molar-refractivity contribution in [2.24, 2.45) is 0 Å². The number of likely N-dealkylation sites (tertiary alicyclic amines) is 1. The second-order valence-electron chi connectivity index (χ2n) is 6.65. The molecule has 1 aliphatic heterocycles. The van der Waals surface area contributed by atoms with Gasteiger partial charge >= 0.3 is 0 Å². The quantitative estimate of drug-likeness (QED) is 0.786. The van der Waals surface area contributed by atoms with Gasteiger partial charge in [-0.2, -0.15) is 5.10 Å². The predicted molar refractivity (Wildman–Crippen MR) is 102 cm³/mol. The van der Waals surface area contributed by atoms with Gasteiger partial charge in [-0.1, -0.05) is 18.2 Å². The van der Waals surface area contributed by atoms with Crippen LogP contribution in [0.4, 0.5) is 5.82 Å². The number of rotatable bonds is 4. The van der Waals surface area contributed by atoms with Crippen LogP contribution in [0.5, 0.6) is 0 Å². The molecule has 0 spiro atoms. The number of fused-ring (bicyclic) bond motifs is 1. The molecule has 26 heavy (non-hydrogen) atoms. The van der Waals surface area contributed by atoms with Gasteiger partial charge in [-0.05, 0) is 44.0 Å². The summed E-state index contributed by atoms with van der Waals surface area (Å²) in [5, 5.41) is 12.5. The minimum atomic E-state index is 0.126. The Hall–Kier alpha value is -2.89. The van der Waals surface area contributed by atoms with E-state index in [1.807, 2.05) is 35.2 Å². The summed E-state index contributed by atoms with van der Waals surface area (Å²) in [6.45, 7) is 4.38. The fourth-order valence-electron chi connectivity index (χ4n) is 3.70. The number of aromatic nitrogens is 3. The molecule has 1 fully saturated rings. The van der Waals surface area contributed by atoms with Crippen molar-refractivity contribution < 1.29 is 4.79 Å². The molecule has 1 amide bonds. The third kappa shape index (κ3) is 3.14. The van der Waals surface area contributed by atoms with E-state index in [1.54, 1.807) is 6.20 Å². The van der Waals surface area contributed by atoms with Crippen LogP contribution in [-0.2, 0) is 6.54 Å². The SMILES string of the molecule is CCn1c(C(=O)N2CCC(Nc3cccnn3)CC2)cc2ccccc21. The molecule has 3 aromatic rings. The van der Waals surface area contributed by atoms with Gasteiger partial charge in [-0.15, -0.1) is 5.10 Å². The maximum absolute atomic E-state index is 13.1. The Morgan fingerprint density at radius 3 is 2.73 bits per heavy atom. The van der Waals surface area contributed by atoms with Crippen LogP contribution in [0.3, 0.4) is 0 Å². The van der Waals surface area contributed by atoms with E-state index in [1.165, 1.54) is 0 Å². The monoisotopic (exact) mass is 349 g/mol. The van der Waals surface area contributed by atoms with Crippen molar-refractivity contribution in [3.05, 3.63) is 54.4 Å². The van der Waals surface area contributed by atoms with Gasteiger partial charge in [0, 0.05) is 42.8 Å². The van der Waals surface area contributed by atoms with Crippen LogP contribution in [0.2, 0.25) is 0 Å². The maximum Gasteiger partial charge on any atom is 0.270 e. The van der Waals surface area contributed by atoms with E-state index in [9.17, 15) is 4.79 Å². The zero-order chi connectivity index (χ0) is 17.9. The Morgan fingerprint density at radius 1 is 1.19 bits per heavy atom. The van der Waals surface area contributed by atoms with Crippen molar-refractivity contribution in [2.75, 3.05) is 18.4 Å². The molecule has 0 unspecified atom stereocenters. The summed E-state index contributed by atoms with van der Waals surface area (Å²) in [5.74, 6) is 0.921. The molecule has 1 saturated heterocycles. The Morgan fingerprint density at radius 2 is 2.00 bits per heavy atom. The minimum absolute atomic E-state index is 0.126. The summed E-state index contributed by atoms with van der Waals surface area (Å²) < 4.78 is 2.11. The number of anilines is 1. The molecule has 3 heterocycles. The van der Waals surface area contributed by atoms with Crippen LogP contribution in [-0.4, -0.2) is 44.7 Å². The summed E-state index contributed by atoms with van der Waals surface area (Å²) in [4.78, 5) is 15.0. The average molecular weight is 349 g/mol. The van der Waals surface area contributed by atoms with Gasteiger partial charge in [0.2, 0.25) is 0 Å². The van der Waals surface area contributed by atoms with Gasteiger partial charge in [0.15, 0.2) is 0 Å². The predicted octanol–water partition coefficient (Wildman–Crippen LogP) is 3.17. The third-order valence-electron chi connectivity index (χ3n) is 5.05. The van der Waals surface area contributed by atoms with Crippen molar-refractivity contribution in [3.8, 4) is 0 Å². The van der Waals surface area contributed by atoms with E-state index in [2.05, 4.69) is 39.1 Å². The lowest BCUT2D eigenvalue weighted by Crippen LogP contribution is -2.43. The fourth-order valence-corrected chi connectivity index (χ4v) is 3.70. The number of nitrogens with one attached hydrogen (secondary N) is 1. The first-order valence-electron chi connectivity index (χ1n) is 9.18. The van der Waals surface area contributed by atoms with E-state index < -0.39 is 0 Å². The second-order valence-corrected chi connectivity index (χ2v) is 6.65. The summed E-state index contributed by atoms with van der Waals surface area (Å²) >= 11 is 0. The summed E-state index contributed by atoms with van der Waals surface area (Å²) in [5.41, 5.74) is 1.91. The zero-order valence-electron chi connectivity index (χ0n) is 14.9. The number of carbonyl (C=O) groups excluding carboxylic acids is 1. The van der Waals surface area contributed by atoms with Gasteiger partial charge in [0.1, 0.15) is 11.5 Å². The summed E-state index contributed by atoms with van der Waals surface area (Å²) in [7, 11) is 0. The van der Waals surface area contributed by atoms with Crippen LogP contribution in [0, 0.1) is 0 Å². The molecule has 1 N–H and O–H groups in total. The highest BCUT2D eigenvalue weighted by atomic mass is 16.2. The van der Waals surface area contributed by atoms with Crippen molar-refractivity contribution in [1.29, 1.82) is 0 Å². The molecule has 6 heteroatoms. The minimum Gasteiger partial charge on any atom is -0.366 e. The number of nitrogens with zero attached hydrogens (tertiary/aromatic N) is 4. The highest BCUT2D eigenvalue weighted by Gasteiger charge is 2.26. The van der Waals surface area contributed by atoms with E-state index >= 15 is 0 Å². The Bertz CT molecular complexity index is 897. The van der Waals surface area contributed by atoms with Gasteiger partial charge in [0.25, 0.3) is 5.91 Å². The second kappa shape index (κ2) is 7.15. The van der Waals surface area contributed by atoms with Crippen molar-refractivity contribution >= 4 is 22.6 Å². The van der Waals surface area contributed by atoms with Crippen LogP contribution >= 0.6 is 0 Å². The molecule has 2 aromatic heterocycles. The molecule has 6 nitrogen and oxygen atoms in total. The van der Waals surface area contributed by atoms with E-state index in [-0.39, 0.29) is 5.91 Å². The zero-order valence-corrected chi connectivity index (χ0v) is 14.9. The smallest absolute Gasteiger partial charge is 0.270 e. The lowest BCUT2D eigenvalue weighted by Gasteiger charge is -2.32. The number of para-hydroxylation sites is 1. The number of aryl methyl sites for hydroxylation is 1. The fraction of sp³-hybridized carbons (Fsp3) is 0.350. The molecular weight excluding hydrogens is 326 g/mol. The normalized spacial score (nSPS) is 15.3. The first-order valence-corrected chi connectivity index (χ1v) is 9.18. The number of hydrogen-bond acceptors (Lipinski definition) is 4. The average Bonchev–Trinajstić information content (AvgIpc) is 3.07. The molecule has 0 saturated carbocycles. The van der Waals surface area contributed by atoms with E-state index in [0.29, 0.717) is 6.04 Å². The summed E-state index contributed by atoms with van der Waals surface area (Å²) in [6, 6.07) is 14.3. The van der Waals surface area contributed by atoms with Gasteiger partial charge in [0.05, 0.1) is 0 Å². The largest absolute Gasteiger partial charge is 0.366 e. The third-order valence-corrected chi connectivity index (χ3v) is 5.05. The number of carbonyl (C=O) groups is 1. The van der Waals surface area contributed by atoms with Crippen molar-refractivity contribution in [1.82, 2.24) is 19.7 Å². The van der Waals surface area contributed by atoms with Crippen LogP contribution in [0.25, 0.3) is 10.9 Å².